The Morgan fingerprint density at radius 3 is 2.75 bits per heavy atom. The van der Waals surface area contributed by atoms with Crippen LogP contribution in [0.3, 0.4) is 0 Å². The van der Waals surface area contributed by atoms with Crippen molar-refractivity contribution in [2.45, 2.75) is 37.6 Å². The van der Waals surface area contributed by atoms with E-state index >= 15 is 0 Å². The topological polar surface area (TPSA) is 50.4 Å². The summed E-state index contributed by atoms with van der Waals surface area (Å²) in [6.45, 7) is 0. The monoisotopic (exact) mass is 437 g/mol. The second-order valence-electron chi connectivity index (χ2n) is 6.41. The first-order valence-corrected chi connectivity index (χ1v) is 8.17. The van der Waals surface area contributed by atoms with Gasteiger partial charge in [-0.25, -0.2) is 9.38 Å². The zero-order valence-corrected chi connectivity index (χ0v) is 15.7. The molecule has 0 radical (unpaired) electrons. The summed E-state index contributed by atoms with van der Waals surface area (Å²) >= 11 is 0. The third-order valence-corrected chi connectivity index (χ3v) is 4.74. The van der Waals surface area contributed by atoms with Crippen LogP contribution in [-0.2, 0) is 12.8 Å². The highest BCUT2D eigenvalue weighted by Crippen LogP contribution is 2.44. The van der Waals surface area contributed by atoms with E-state index in [2.05, 4.69) is 22.4 Å². The Morgan fingerprint density at radius 2 is 1.92 bits per heavy atom. The highest BCUT2D eigenvalue weighted by Gasteiger charge is 2.40. The molecule has 2 aromatic rings. The fourth-order valence-electron chi connectivity index (χ4n) is 3.44. The molecule has 2 aromatic carbocycles. The lowest BCUT2D eigenvalue weighted by molar-refractivity contribution is 0.609. The smallest absolute Gasteiger partial charge is 0.193 e. The van der Waals surface area contributed by atoms with Crippen molar-refractivity contribution >= 4 is 35.6 Å². The van der Waals surface area contributed by atoms with Gasteiger partial charge in [0, 0.05) is 11.6 Å². The number of guanidine groups is 1. The van der Waals surface area contributed by atoms with Gasteiger partial charge in [-0.1, -0.05) is 24.3 Å². The van der Waals surface area contributed by atoms with Crippen LogP contribution in [0.15, 0.2) is 47.5 Å². The van der Waals surface area contributed by atoms with Crippen LogP contribution in [0.5, 0.6) is 0 Å². The SMILES string of the molecule is I.NC(=NC1CC1c1ccccc1F)Nc1ccc2c(c1)CCC2. The maximum absolute atomic E-state index is 13.8. The van der Waals surface area contributed by atoms with E-state index in [1.165, 1.54) is 30.0 Å². The van der Waals surface area contributed by atoms with Gasteiger partial charge in [0.05, 0.1) is 6.04 Å². The Hall–Kier alpha value is -1.63. The average molecular weight is 437 g/mol. The molecule has 1 saturated carbocycles. The first-order valence-electron chi connectivity index (χ1n) is 8.17. The lowest BCUT2D eigenvalue weighted by Gasteiger charge is -2.08. The minimum Gasteiger partial charge on any atom is -0.370 e. The quantitative estimate of drug-likeness (QED) is 0.430. The van der Waals surface area contributed by atoms with Crippen LogP contribution in [0.4, 0.5) is 10.1 Å². The van der Waals surface area contributed by atoms with Gasteiger partial charge in [-0.2, -0.15) is 0 Å². The number of fused-ring (bicyclic) bond motifs is 1. The molecule has 0 spiro atoms. The van der Waals surface area contributed by atoms with E-state index in [1.54, 1.807) is 6.07 Å². The molecule has 0 amide bonds. The molecule has 0 heterocycles. The normalized spacial score (nSPS) is 21.8. The van der Waals surface area contributed by atoms with Gasteiger partial charge in [-0.05, 0) is 60.6 Å². The first kappa shape index (κ1) is 17.2. The Bertz CT molecular complexity index is 775. The summed E-state index contributed by atoms with van der Waals surface area (Å²) in [5.41, 5.74) is 10.6. The van der Waals surface area contributed by atoms with E-state index in [-0.39, 0.29) is 41.8 Å². The summed E-state index contributed by atoms with van der Waals surface area (Å²) in [7, 11) is 0. The van der Waals surface area contributed by atoms with Crippen LogP contribution in [0.2, 0.25) is 0 Å². The molecule has 1 fully saturated rings. The molecule has 2 aliphatic carbocycles. The van der Waals surface area contributed by atoms with Crippen molar-refractivity contribution in [3.63, 3.8) is 0 Å². The van der Waals surface area contributed by atoms with Crippen molar-refractivity contribution in [1.29, 1.82) is 0 Å². The van der Waals surface area contributed by atoms with Crippen molar-refractivity contribution in [3.8, 4) is 0 Å². The molecule has 5 heteroatoms. The number of aryl methyl sites for hydroxylation is 2. The molecule has 2 aliphatic rings. The number of nitrogens with one attached hydrogen (secondary N) is 1. The average Bonchev–Trinajstić information content (AvgIpc) is 3.12. The van der Waals surface area contributed by atoms with Gasteiger partial charge in [0.15, 0.2) is 5.96 Å². The number of halogens is 2. The number of aliphatic imine (C=N–C) groups is 1. The summed E-state index contributed by atoms with van der Waals surface area (Å²) < 4.78 is 13.8. The number of hydrogen-bond acceptors (Lipinski definition) is 1. The molecule has 3 nitrogen and oxygen atoms in total. The summed E-state index contributed by atoms with van der Waals surface area (Å²) in [6, 6.07) is 13.4. The number of benzene rings is 2. The highest BCUT2D eigenvalue weighted by molar-refractivity contribution is 14.0. The van der Waals surface area contributed by atoms with Crippen LogP contribution in [0.1, 0.15) is 35.4 Å². The molecular formula is C19H21FIN3. The molecule has 0 aliphatic heterocycles. The zero-order chi connectivity index (χ0) is 15.8. The first-order chi connectivity index (χ1) is 11.2. The van der Waals surface area contributed by atoms with Gasteiger partial charge in [-0.15, -0.1) is 24.0 Å². The molecule has 24 heavy (non-hydrogen) atoms. The lowest BCUT2D eigenvalue weighted by atomic mass is 10.1. The molecule has 126 valence electrons. The van der Waals surface area contributed by atoms with Crippen molar-refractivity contribution in [1.82, 2.24) is 0 Å². The van der Waals surface area contributed by atoms with Crippen molar-refractivity contribution in [2.24, 2.45) is 10.7 Å². The number of rotatable bonds is 3. The van der Waals surface area contributed by atoms with Crippen LogP contribution in [0, 0.1) is 5.82 Å². The molecule has 2 unspecified atom stereocenters. The number of anilines is 1. The minimum absolute atomic E-state index is 0. The maximum atomic E-state index is 13.8. The molecule has 0 saturated heterocycles. The second-order valence-corrected chi connectivity index (χ2v) is 6.41. The summed E-state index contributed by atoms with van der Waals surface area (Å²) in [5, 5.41) is 3.16. The van der Waals surface area contributed by atoms with Gasteiger partial charge >= 0.3 is 0 Å². The van der Waals surface area contributed by atoms with Crippen molar-refractivity contribution in [2.75, 3.05) is 5.32 Å². The van der Waals surface area contributed by atoms with E-state index < -0.39 is 0 Å². The summed E-state index contributed by atoms with van der Waals surface area (Å²) in [5.74, 6) is 0.406. The van der Waals surface area contributed by atoms with E-state index in [0.717, 1.165) is 24.1 Å². The lowest BCUT2D eigenvalue weighted by Crippen LogP contribution is -2.23. The molecular weight excluding hydrogens is 416 g/mol. The largest absolute Gasteiger partial charge is 0.370 e. The molecule has 2 atom stereocenters. The van der Waals surface area contributed by atoms with Gasteiger partial charge in [0.2, 0.25) is 0 Å². The van der Waals surface area contributed by atoms with E-state index in [9.17, 15) is 4.39 Å². The Labute approximate surface area is 158 Å². The van der Waals surface area contributed by atoms with Crippen molar-refractivity contribution in [3.05, 3.63) is 65.0 Å². The molecule has 0 aromatic heterocycles. The van der Waals surface area contributed by atoms with Crippen molar-refractivity contribution < 1.29 is 4.39 Å². The highest BCUT2D eigenvalue weighted by atomic mass is 127. The Morgan fingerprint density at radius 1 is 1.12 bits per heavy atom. The third kappa shape index (κ3) is 3.55. The molecule has 4 rings (SSSR count). The van der Waals surface area contributed by atoms with E-state index in [4.69, 9.17) is 5.73 Å². The standard InChI is InChI=1S/C19H20FN3.HI/c20-17-7-2-1-6-15(17)16-11-18(16)23-19(21)22-14-9-8-12-4-3-5-13(12)10-14;/h1-2,6-10,16,18H,3-5,11H2,(H3,21,22,23);1H. The molecule has 0 bridgehead atoms. The summed E-state index contributed by atoms with van der Waals surface area (Å²) in [4.78, 5) is 4.49. The maximum Gasteiger partial charge on any atom is 0.193 e. The van der Waals surface area contributed by atoms with E-state index in [0.29, 0.717) is 5.96 Å². The summed E-state index contributed by atoms with van der Waals surface area (Å²) in [6.07, 6.45) is 4.40. The Kier molecular flexibility index (Phi) is 5.08. The number of hydrogen-bond donors (Lipinski definition) is 2. The minimum atomic E-state index is -0.152. The van der Waals surface area contributed by atoms with Crippen LogP contribution < -0.4 is 11.1 Å². The Balaban J connectivity index is 0.00000169. The fraction of sp³-hybridized carbons (Fsp3) is 0.316. The van der Waals surface area contributed by atoms with Crippen LogP contribution in [-0.4, -0.2) is 12.0 Å². The fourth-order valence-corrected chi connectivity index (χ4v) is 3.44. The van der Waals surface area contributed by atoms with Gasteiger partial charge in [0.1, 0.15) is 5.82 Å². The van der Waals surface area contributed by atoms with Crippen LogP contribution >= 0.6 is 24.0 Å². The molecule has 3 N–H and O–H groups in total. The van der Waals surface area contributed by atoms with Gasteiger partial charge in [-0.3, -0.25) is 0 Å². The van der Waals surface area contributed by atoms with Gasteiger partial charge < -0.3 is 11.1 Å². The number of nitrogens with two attached hydrogens (primary N) is 1. The number of nitrogens with zero attached hydrogens (tertiary/aromatic N) is 1. The van der Waals surface area contributed by atoms with Crippen LogP contribution in [0.25, 0.3) is 0 Å². The predicted molar refractivity (Wildman–Crippen MR) is 107 cm³/mol. The van der Waals surface area contributed by atoms with E-state index in [1.807, 2.05) is 18.2 Å². The second kappa shape index (κ2) is 7.09. The zero-order valence-electron chi connectivity index (χ0n) is 13.3. The van der Waals surface area contributed by atoms with Gasteiger partial charge in [0.25, 0.3) is 0 Å². The predicted octanol–water partition coefficient (Wildman–Crippen LogP) is 4.22. The third-order valence-electron chi connectivity index (χ3n) is 4.74.